The zero-order valence-corrected chi connectivity index (χ0v) is 14.6. The van der Waals surface area contributed by atoms with Crippen molar-refractivity contribution < 1.29 is 9.53 Å². The van der Waals surface area contributed by atoms with Gasteiger partial charge in [0.1, 0.15) is 0 Å². The van der Waals surface area contributed by atoms with Crippen LogP contribution in [0.1, 0.15) is 24.8 Å². The Hall–Kier alpha value is -1.99. The third-order valence-electron chi connectivity index (χ3n) is 4.18. The first kappa shape index (κ1) is 16.9. The molecule has 1 aliphatic heterocycles. The molecule has 1 saturated heterocycles. The van der Waals surface area contributed by atoms with E-state index in [1.165, 1.54) is 5.56 Å². The maximum absolute atomic E-state index is 12.1. The number of carbonyl (C=O) groups is 1. The maximum atomic E-state index is 12.1. The van der Waals surface area contributed by atoms with Crippen molar-refractivity contribution in [1.29, 1.82) is 0 Å². The number of nitrogens with one attached hydrogen (secondary N) is 2. The number of amides is 1. The molecule has 7 heteroatoms. The summed E-state index contributed by atoms with van der Waals surface area (Å²) in [6.45, 7) is 3.92. The van der Waals surface area contributed by atoms with Crippen LogP contribution in [0.3, 0.4) is 0 Å². The molecule has 3 rings (SSSR count). The Bertz CT molecular complexity index is 745. The Balaban J connectivity index is 1.60. The number of aromatic amines is 1. The van der Waals surface area contributed by atoms with Crippen molar-refractivity contribution in [3.05, 3.63) is 34.6 Å². The molecule has 1 aromatic heterocycles. The third-order valence-corrected chi connectivity index (χ3v) is 4.49. The van der Waals surface area contributed by atoms with Crippen LogP contribution in [-0.2, 0) is 16.1 Å². The summed E-state index contributed by atoms with van der Waals surface area (Å²) in [6, 6.07) is 8.08. The van der Waals surface area contributed by atoms with Gasteiger partial charge in [-0.2, -0.15) is 5.10 Å². The van der Waals surface area contributed by atoms with Crippen LogP contribution in [0.4, 0.5) is 0 Å². The molecule has 6 nitrogen and oxygen atoms in total. The largest absolute Gasteiger partial charge is 0.376 e. The summed E-state index contributed by atoms with van der Waals surface area (Å²) < 4.78 is 7.90. The van der Waals surface area contributed by atoms with Crippen molar-refractivity contribution in [3.8, 4) is 11.4 Å². The fourth-order valence-corrected chi connectivity index (χ4v) is 3.01. The topological polar surface area (TPSA) is 71.9 Å². The van der Waals surface area contributed by atoms with Crippen molar-refractivity contribution in [3.63, 3.8) is 0 Å². The second kappa shape index (κ2) is 7.72. The smallest absolute Gasteiger partial charge is 0.221 e. The van der Waals surface area contributed by atoms with Gasteiger partial charge in [0, 0.05) is 31.7 Å². The lowest BCUT2D eigenvalue weighted by Gasteiger charge is -2.11. The lowest BCUT2D eigenvalue weighted by atomic mass is 10.1. The second-order valence-corrected chi connectivity index (χ2v) is 6.45. The predicted octanol–water partition coefficient (Wildman–Crippen LogP) is 2.60. The highest BCUT2D eigenvalue weighted by Gasteiger charge is 2.16. The fourth-order valence-electron chi connectivity index (χ4n) is 2.78. The molecule has 2 N–H and O–H groups in total. The Morgan fingerprint density at radius 1 is 1.46 bits per heavy atom. The molecule has 128 valence electrons. The van der Waals surface area contributed by atoms with E-state index in [1.54, 1.807) is 0 Å². The number of aromatic nitrogens is 3. The minimum atomic E-state index is 0.00320. The number of benzene rings is 1. The lowest BCUT2D eigenvalue weighted by molar-refractivity contribution is -0.121. The minimum absolute atomic E-state index is 0.00320. The molecular formula is C17H22N4O2S. The minimum Gasteiger partial charge on any atom is -0.376 e. The van der Waals surface area contributed by atoms with Crippen LogP contribution in [-0.4, -0.2) is 39.9 Å². The monoisotopic (exact) mass is 346 g/mol. The molecule has 0 spiro atoms. The molecule has 1 aliphatic rings. The van der Waals surface area contributed by atoms with Crippen LogP contribution < -0.4 is 5.32 Å². The summed E-state index contributed by atoms with van der Waals surface area (Å²) in [5, 5.41) is 10.0. The van der Waals surface area contributed by atoms with E-state index in [0.717, 1.165) is 30.8 Å². The molecule has 0 saturated carbocycles. The highest BCUT2D eigenvalue weighted by atomic mass is 32.1. The fraction of sp³-hybridized carbons (Fsp3) is 0.471. The molecule has 1 fully saturated rings. The van der Waals surface area contributed by atoms with Gasteiger partial charge in [0.2, 0.25) is 5.91 Å². The summed E-state index contributed by atoms with van der Waals surface area (Å²) in [5.41, 5.74) is 2.17. The first-order chi connectivity index (χ1) is 11.6. The molecule has 1 atom stereocenters. The van der Waals surface area contributed by atoms with Gasteiger partial charge in [0.15, 0.2) is 10.6 Å². The number of H-pyrrole nitrogens is 1. The molecule has 0 aliphatic carbocycles. The Morgan fingerprint density at radius 3 is 2.96 bits per heavy atom. The average Bonchev–Trinajstić information content (AvgIpc) is 3.22. The van der Waals surface area contributed by atoms with Crippen LogP contribution in [0.2, 0.25) is 0 Å². The summed E-state index contributed by atoms with van der Waals surface area (Å²) >= 11 is 5.30. The Kier molecular flexibility index (Phi) is 5.42. The zero-order valence-electron chi connectivity index (χ0n) is 13.7. The highest BCUT2D eigenvalue weighted by molar-refractivity contribution is 7.71. The molecule has 0 bridgehead atoms. The van der Waals surface area contributed by atoms with E-state index >= 15 is 0 Å². The van der Waals surface area contributed by atoms with Crippen molar-refractivity contribution in [2.75, 3.05) is 13.2 Å². The Labute approximate surface area is 146 Å². The van der Waals surface area contributed by atoms with Gasteiger partial charge in [-0.05, 0) is 32.0 Å². The van der Waals surface area contributed by atoms with E-state index < -0.39 is 0 Å². The van der Waals surface area contributed by atoms with Crippen LogP contribution in [0.25, 0.3) is 11.4 Å². The van der Waals surface area contributed by atoms with Gasteiger partial charge in [-0.25, -0.2) is 0 Å². The van der Waals surface area contributed by atoms with Gasteiger partial charge in [-0.3, -0.25) is 14.5 Å². The first-order valence-electron chi connectivity index (χ1n) is 8.24. The quantitative estimate of drug-likeness (QED) is 0.789. The van der Waals surface area contributed by atoms with Gasteiger partial charge in [-0.15, -0.1) is 0 Å². The summed E-state index contributed by atoms with van der Waals surface area (Å²) in [5.74, 6) is 0.760. The van der Waals surface area contributed by atoms with Crippen LogP contribution in [0.5, 0.6) is 0 Å². The van der Waals surface area contributed by atoms with E-state index in [0.29, 0.717) is 24.3 Å². The summed E-state index contributed by atoms with van der Waals surface area (Å²) in [6.07, 6.45) is 2.61. The number of rotatable bonds is 6. The average molecular weight is 346 g/mol. The molecule has 2 heterocycles. The molecule has 2 aromatic rings. The number of nitrogens with zero attached hydrogens (tertiary/aromatic N) is 2. The number of aryl methyl sites for hydroxylation is 1. The van der Waals surface area contributed by atoms with Gasteiger partial charge in [0.05, 0.1) is 6.10 Å². The van der Waals surface area contributed by atoms with Gasteiger partial charge in [0.25, 0.3) is 0 Å². The number of hydrogen-bond donors (Lipinski definition) is 2. The van der Waals surface area contributed by atoms with Crippen LogP contribution in [0.15, 0.2) is 24.3 Å². The number of hydrogen-bond acceptors (Lipinski definition) is 4. The van der Waals surface area contributed by atoms with Crippen LogP contribution >= 0.6 is 12.2 Å². The standard InChI is InChI=1S/C17H22N4O2S/c1-12-4-6-13(7-5-12)16-19-20-17(24)21(16)9-8-15(22)18-11-14-3-2-10-23-14/h4-7,14H,2-3,8-11H2,1H3,(H,18,22)(H,20,24). The normalized spacial score (nSPS) is 17.1. The van der Waals surface area contributed by atoms with E-state index in [2.05, 4.69) is 15.5 Å². The lowest BCUT2D eigenvalue weighted by Crippen LogP contribution is -2.32. The molecule has 24 heavy (non-hydrogen) atoms. The van der Waals surface area contributed by atoms with Crippen molar-refractivity contribution >= 4 is 18.1 Å². The molecular weight excluding hydrogens is 324 g/mol. The van der Waals surface area contributed by atoms with Gasteiger partial charge >= 0.3 is 0 Å². The number of ether oxygens (including phenoxy) is 1. The SMILES string of the molecule is Cc1ccc(-c2n[nH]c(=S)n2CCC(=O)NCC2CCCO2)cc1. The van der Waals surface area contributed by atoms with Crippen molar-refractivity contribution in [2.24, 2.45) is 0 Å². The van der Waals surface area contributed by atoms with Crippen molar-refractivity contribution in [2.45, 2.75) is 38.8 Å². The molecule has 1 aromatic carbocycles. The van der Waals surface area contributed by atoms with E-state index in [-0.39, 0.29) is 12.0 Å². The summed E-state index contributed by atoms with van der Waals surface area (Å²) in [7, 11) is 0. The summed E-state index contributed by atoms with van der Waals surface area (Å²) in [4.78, 5) is 12.1. The zero-order chi connectivity index (χ0) is 16.9. The Morgan fingerprint density at radius 2 is 2.25 bits per heavy atom. The number of carbonyl (C=O) groups excluding carboxylic acids is 1. The van der Waals surface area contributed by atoms with E-state index in [4.69, 9.17) is 17.0 Å². The third kappa shape index (κ3) is 4.10. The maximum Gasteiger partial charge on any atom is 0.221 e. The molecule has 0 radical (unpaired) electrons. The van der Waals surface area contributed by atoms with Crippen LogP contribution in [0, 0.1) is 11.7 Å². The van der Waals surface area contributed by atoms with Gasteiger partial charge in [-0.1, -0.05) is 29.8 Å². The van der Waals surface area contributed by atoms with E-state index in [1.807, 2.05) is 35.8 Å². The molecule has 1 amide bonds. The first-order valence-corrected chi connectivity index (χ1v) is 8.65. The predicted molar refractivity (Wildman–Crippen MR) is 94.2 cm³/mol. The highest BCUT2D eigenvalue weighted by Crippen LogP contribution is 2.18. The van der Waals surface area contributed by atoms with Crippen molar-refractivity contribution in [1.82, 2.24) is 20.1 Å². The second-order valence-electron chi connectivity index (χ2n) is 6.06. The molecule has 1 unspecified atom stereocenters. The van der Waals surface area contributed by atoms with E-state index in [9.17, 15) is 4.79 Å². The van der Waals surface area contributed by atoms with Gasteiger partial charge < -0.3 is 10.1 Å².